The molecule has 7 nitrogen and oxygen atoms in total. The molecule has 0 N–H and O–H groups in total. The molecule has 144 valence electrons. The number of hydrogen-bond donors (Lipinski definition) is 0. The van der Waals surface area contributed by atoms with Gasteiger partial charge in [-0.25, -0.2) is 4.79 Å². The third kappa shape index (κ3) is 2.86. The van der Waals surface area contributed by atoms with Crippen LogP contribution in [0.5, 0.6) is 11.6 Å². The van der Waals surface area contributed by atoms with Crippen LogP contribution in [0.15, 0.2) is 33.5 Å². The van der Waals surface area contributed by atoms with Gasteiger partial charge in [-0.2, -0.15) is 17.7 Å². The number of nitrogens with zero attached hydrogens (tertiary/aromatic N) is 4. The maximum atomic E-state index is 13.1. The molecule has 3 aromatic heterocycles. The molecule has 0 aliphatic heterocycles. The molecule has 4 rings (SSSR count). The molecule has 0 fully saturated rings. The van der Waals surface area contributed by atoms with Crippen molar-refractivity contribution >= 4 is 16.6 Å². The third-order valence-electron chi connectivity index (χ3n) is 4.44. The molecule has 10 heteroatoms. The van der Waals surface area contributed by atoms with Crippen LogP contribution in [-0.4, -0.2) is 19.8 Å². The highest BCUT2D eigenvalue weighted by Gasteiger charge is 2.38. The van der Waals surface area contributed by atoms with Crippen LogP contribution in [0.4, 0.5) is 13.2 Å². The molecule has 0 unspecified atom stereocenters. The van der Waals surface area contributed by atoms with Gasteiger partial charge in [0.25, 0.3) is 5.82 Å². The monoisotopic (exact) mass is 390 g/mol. The molecule has 0 aliphatic carbocycles. The topological polar surface area (TPSA) is 82.5 Å². The van der Waals surface area contributed by atoms with Crippen molar-refractivity contribution in [3.05, 3.63) is 57.2 Å². The Morgan fingerprint density at radius 1 is 1.07 bits per heavy atom. The van der Waals surface area contributed by atoms with Crippen LogP contribution < -0.4 is 10.4 Å². The summed E-state index contributed by atoms with van der Waals surface area (Å²) in [5.41, 5.74) is 1.50. The minimum Gasteiger partial charge on any atom is -0.437 e. The molecule has 1 aromatic carbocycles. The first-order chi connectivity index (χ1) is 13.1. The smallest absolute Gasteiger partial charge is 0.437 e. The number of rotatable bonds is 2. The zero-order chi connectivity index (χ0) is 20.2. The van der Waals surface area contributed by atoms with Crippen molar-refractivity contribution in [2.24, 2.45) is 0 Å². The highest BCUT2D eigenvalue weighted by molar-refractivity contribution is 5.81. The van der Waals surface area contributed by atoms with Crippen LogP contribution in [0.3, 0.4) is 0 Å². The second-order valence-corrected chi connectivity index (χ2v) is 6.32. The molecule has 0 spiro atoms. The molecule has 0 atom stereocenters. The predicted molar refractivity (Wildman–Crippen MR) is 92.6 cm³/mol. The number of benzene rings is 1. The van der Waals surface area contributed by atoms with Gasteiger partial charge >= 0.3 is 11.8 Å². The molecule has 0 aliphatic rings. The Kier molecular flexibility index (Phi) is 3.88. The number of hydrogen-bond acceptors (Lipinski definition) is 6. The lowest BCUT2D eigenvalue weighted by Crippen LogP contribution is -2.13. The predicted octanol–water partition coefficient (Wildman–Crippen LogP) is 3.97. The van der Waals surface area contributed by atoms with Crippen molar-refractivity contribution in [1.29, 1.82) is 0 Å². The zero-order valence-corrected chi connectivity index (χ0v) is 15.0. The summed E-state index contributed by atoms with van der Waals surface area (Å²) in [7, 11) is 0. The summed E-state index contributed by atoms with van der Waals surface area (Å²) in [6, 6.07) is 6.17. The number of fused-ring (bicyclic) bond motifs is 2. The van der Waals surface area contributed by atoms with Crippen LogP contribution in [-0.2, 0) is 6.18 Å². The first-order valence-electron chi connectivity index (χ1n) is 8.17. The number of ether oxygens (including phenoxy) is 1. The minimum atomic E-state index is -4.71. The molecule has 0 saturated heterocycles. The molecule has 0 saturated carbocycles. The zero-order valence-electron chi connectivity index (χ0n) is 15.0. The van der Waals surface area contributed by atoms with E-state index in [0.717, 1.165) is 10.9 Å². The highest BCUT2D eigenvalue weighted by Crippen LogP contribution is 2.32. The van der Waals surface area contributed by atoms with Gasteiger partial charge in [0.2, 0.25) is 5.88 Å². The summed E-state index contributed by atoms with van der Waals surface area (Å²) >= 11 is 0. The number of alkyl halides is 3. The number of aromatic nitrogens is 4. The Balaban J connectivity index is 1.84. The van der Waals surface area contributed by atoms with Gasteiger partial charge in [-0.15, -0.1) is 15.3 Å². The molecule has 28 heavy (non-hydrogen) atoms. The van der Waals surface area contributed by atoms with Crippen LogP contribution in [0, 0.1) is 20.8 Å². The van der Waals surface area contributed by atoms with Crippen LogP contribution in [0.25, 0.3) is 16.6 Å². The van der Waals surface area contributed by atoms with Crippen molar-refractivity contribution in [3.8, 4) is 11.6 Å². The van der Waals surface area contributed by atoms with E-state index < -0.39 is 17.6 Å². The second kappa shape index (κ2) is 6.04. The van der Waals surface area contributed by atoms with Crippen LogP contribution in [0.1, 0.15) is 22.5 Å². The Bertz CT molecular complexity index is 1290. The summed E-state index contributed by atoms with van der Waals surface area (Å²) in [6.07, 6.45) is -4.71. The molecular weight excluding hydrogens is 377 g/mol. The Labute approximate surface area is 155 Å². The van der Waals surface area contributed by atoms with Crippen molar-refractivity contribution < 1.29 is 22.3 Å². The van der Waals surface area contributed by atoms with Gasteiger partial charge in [0.15, 0.2) is 5.65 Å². The summed E-state index contributed by atoms with van der Waals surface area (Å²) in [4.78, 5) is 11.6. The van der Waals surface area contributed by atoms with E-state index in [2.05, 4.69) is 15.3 Å². The van der Waals surface area contributed by atoms with Gasteiger partial charge in [0.05, 0.1) is 0 Å². The average Bonchev–Trinajstić information content (AvgIpc) is 3.03. The summed E-state index contributed by atoms with van der Waals surface area (Å²) in [6.45, 7) is 5.04. The van der Waals surface area contributed by atoms with Crippen molar-refractivity contribution in [2.45, 2.75) is 26.9 Å². The van der Waals surface area contributed by atoms with Crippen LogP contribution in [0.2, 0.25) is 0 Å². The van der Waals surface area contributed by atoms with E-state index in [1.54, 1.807) is 32.9 Å². The standard InChI is InChI=1S/C18H13F3N4O3/c1-8-6-14(26)28-13-7-11(4-5-12(8)13)27-16-10(3)9(2)15-22-23-17(18(19,20)21)25(15)24-16/h4-7H,1-3H3. The normalized spacial score (nSPS) is 12.1. The Morgan fingerprint density at radius 3 is 2.54 bits per heavy atom. The number of aryl methyl sites for hydroxylation is 2. The lowest BCUT2D eigenvalue weighted by molar-refractivity contribution is -0.146. The first kappa shape index (κ1) is 18.0. The van der Waals surface area contributed by atoms with E-state index in [4.69, 9.17) is 9.15 Å². The molecular formula is C18H13F3N4O3. The van der Waals surface area contributed by atoms with Gasteiger partial charge in [0, 0.05) is 28.6 Å². The van der Waals surface area contributed by atoms with Gasteiger partial charge in [-0.3, -0.25) is 0 Å². The van der Waals surface area contributed by atoms with Gasteiger partial charge < -0.3 is 9.15 Å². The van der Waals surface area contributed by atoms with E-state index in [9.17, 15) is 18.0 Å². The lowest BCUT2D eigenvalue weighted by atomic mass is 10.1. The summed E-state index contributed by atoms with van der Waals surface area (Å²) < 4.78 is 50.9. The Morgan fingerprint density at radius 2 is 1.82 bits per heavy atom. The summed E-state index contributed by atoms with van der Waals surface area (Å²) in [5.74, 6) is -1.02. The fraction of sp³-hybridized carbons (Fsp3) is 0.222. The van der Waals surface area contributed by atoms with Gasteiger partial charge in [-0.05, 0) is 38.5 Å². The van der Waals surface area contributed by atoms with Gasteiger partial charge in [-0.1, -0.05) is 0 Å². The second-order valence-electron chi connectivity index (χ2n) is 6.32. The van der Waals surface area contributed by atoms with Crippen molar-refractivity contribution in [3.63, 3.8) is 0 Å². The van der Waals surface area contributed by atoms with E-state index in [-0.39, 0.29) is 17.3 Å². The van der Waals surface area contributed by atoms with E-state index in [1.807, 2.05) is 0 Å². The third-order valence-corrected chi connectivity index (χ3v) is 4.44. The molecule has 0 bridgehead atoms. The molecule has 0 amide bonds. The fourth-order valence-corrected chi connectivity index (χ4v) is 2.86. The maximum absolute atomic E-state index is 13.1. The van der Waals surface area contributed by atoms with Gasteiger partial charge in [0.1, 0.15) is 11.3 Å². The summed E-state index contributed by atoms with van der Waals surface area (Å²) in [5, 5.41) is 11.4. The van der Waals surface area contributed by atoms with E-state index in [1.165, 1.54) is 12.1 Å². The van der Waals surface area contributed by atoms with Crippen molar-refractivity contribution in [1.82, 2.24) is 19.8 Å². The molecule has 0 radical (unpaired) electrons. The first-order valence-corrected chi connectivity index (χ1v) is 8.17. The van der Waals surface area contributed by atoms with E-state index in [0.29, 0.717) is 21.2 Å². The Hall–Kier alpha value is -3.43. The molecule has 4 aromatic rings. The van der Waals surface area contributed by atoms with Crippen LogP contribution >= 0.6 is 0 Å². The SMILES string of the molecule is Cc1c(Oc2ccc3c(C)cc(=O)oc3c2)nn2c(C(F)(F)F)nnc2c1C. The fourth-order valence-electron chi connectivity index (χ4n) is 2.86. The largest absolute Gasteiger partial charge is 0.453 e. The highest BCUT2D eigenvalue weighted by atomic mass is 19.4. The van der Waals surface area contributed by atoms with Crippen molar-refractivity contribution in [2.75, 3.05) is 0 Å². The molecule has 3 heterocycles. The average molecular weight is 390 g/mol. The van der Waals surface area contributed by atoms with E-state index >= 15 is 0 Å². The quantitative estimate of drug-likeness (QED) is 0.482. The lowest BCUT2D eigenvalue weighted by Gasteiger charge is -2.12. The minimum absolute atomic E-state index is 0.00249. The maximum Gasteiger partial charge on any atom is 0.453 e. The number of halogens is 3.